The topological polar surface area (TPSA) is 94.6 Å². The van der Waals surface area contributed by atoms with Crippen LogP contribution in [-0.4, -0.2) is 0 Å². The van der Waals surface area contributed by atoms with Gasteiger partial charge in [-0.25, -0.2) is 19.2 Å². The van der Waals surface area contributed by atoms with Gasteiger partial charge in [0, 0.05) is 4.47 Å². The molecule has 0 aliphatic heterocycles. The van der Waals surface area contributed by atoms with Crippen molar-refractivity contribution in [1.29, 1.82) is 0 Å². The van der Waals surface area contributed by atoms with E-state index in [4.69, 9.17) is 0 Å². The van der Waals surface area contributed by atoms with Gasteiger partial charge in [-0.1, -0.05) is 0 Å². The Kier molecular flexibility index (Phi) is 2.19. The highest BCUT2D eigenvalue weighted by Crippen LogP contribution is 2.31. The summed E-state index contributed by atoms with van der Waals surface area (Å²) >= 11 is 3.25. The lowest BCUT2D eigenvalue weighted by atomic mass is 10.0. The first-order valence-electron chi connectivity index (χ1n) is 5.80. The molecule has 0 N–H and O–H groups in total. The quantitative estimate of drug-likeness (QED) is 0.477. The zero-order chi connectivity index (χ0) is 14.9. The Morgan fingerprint density at radius 2 is 1.19 bits per heavy atom. The Morgan fingerprint density at radius 3 is 1.90 bits per heavy atom. The van der Waals surface area contributed by atoms with Crippen LogP contribution in [0.15, 0.2) is 50.7 Å². The van der Waals surface area contributed by atoms with Gasteiger partial charge in [0.2, 0.25) is 0 Å². The Balaban J connectivity index is 2.40. The minimum atomic E-state index is -0.747. The molecule has 2 heterocycles. The smallest absolute Gasteiger partial charge is 0.348 e. The maximum atomic E-state index is 11.7. The summed E-state index contributed by atoms with van der Waals surface area (Å²) in [6.07, 6.45) is 0. The molecule has 0 bridgehead atoms. The van der Waals surface area contributed by atoms with E-state index in [1.807, 2.05) is 0 Å². The first kappa shape index (κ1) is 12.2. The molecule has 2 aromatic heterocycles. The summed E-state index contributed by atoms with van der Waals surface area (Å²) < 4.78 is 9.44. The Labute approximate surface area is 122 Å². The molecule has 0 amide bonds. The molecule has 4 rings (SSSR count). The van der Waals surface area contributed by atoms with E-state index in [1.54, 1.807) is 0 Å². The number of halogens is 1. The lowest BCUT2D eigenvalue weighted by Crippen LogP contribution is -1.94. The summed E-state index contributed by atoms with van der Waals surface area (Å²) in [5.41, 5.74) is -2.95. The van der Waals surface area contributed by atoms with Crippen LogP contribution in [0.4, 0.5) is 0 Å². The number of fused-ring (bicyclic) bond motifs is 3. The highest BCUT2D eigenvalue weighted by molar-refractivity contribution is 9.10. The van der Waals surface area contributed by atoms with E-state index in [-0.39, 0.29) is 21.5 Å². The third-order valence-electron chi connectivity index (χ3n) is 3.45. The zero-order valence-corrected chi connectivity index (χ0v) is 11.6. The first-order valence-corrected chi connectivity index (χ1v) is 6.60. The molecule has 0 atom stereocenters. The van der Waals surface area contributed by atoms with Crippen LogP contribution in [0.1, 0.15) is 0 Å². The molecule has 2 aromatic carbocycles. The molecule has 7 heteroatoms. The van der Waals surface area contributed by atoms with E-state index in [9.17, 15) is 19.2 Å². The monoisotopic (exact) mass is 346 g/mol. The highest BCUT2D eigenvalue weighted by Gasteiger charge is 2.17. The molecule has 0 saturated carbocycles. The van der Waals surface area contributed by atoms with Gasteiger partial charge < -0.3 is 8.83 Å². The van der Waals surface area contributed by atoms with Crippen molar-refractivity contribution in [3.8, 4) is 0 Å². The van der Waals surface area contributed by atoms with Crippen molar-refractivity contribution in [3.63, 3.8) is 0 Å². The van der Waals surface area contributed by atoms with E-state index in [1.165, 1.54) is 18.2 Å². The summed E-state index contributed by atoms with van der Waals surface area (Å²) in [4.78, 5) is 46.4. The van der Waals surface area contributed by atoms with Crippen molar-refractivity contribution in [2.24, 2.45) is 0 Å². The summed E-state index contributed by atoms with van der Waals surface area (Å²) in [5.74, 6) is 0. The normalized spacial score (nSPS) is 11.9. The van der Waals surface area contributed by atoms with E-state index in [2.05, 4.69) is 24.8 Å². The summed E-state index contributed by atoms with van der Waals surface area (Å²) in [5, 5.41) is 1.55. The average Bonchev–Trinajstić information content (AvgIpc) is 2.87. The maximum absolute atomic E-state index is 11.7. The van der Waals surface area contributed by atoms with Crippen molar-refractivity contribution >= 4 is 48.2 Å². The first-order chi connectivity index (χ1) is 9.97. The number of benzene rings is 2. The number of hydrogen-bond donors (Lipinski definition) is 0. The van der Waals surface area contributed by atoms with Crippen molar-refractivity contribution in [2.75, 3.05) is 0 Å². The minimum Gasteiger partial charge on any atom is -0.386 e. The summed E-state index contributed by atoms with van der Waals surface area (Å²) in [6, 6.07) is 4.37. The van der Waals surface area contributed by atoms with E-state index < -0.39 is 22.5 Å². The molecule has 4 aromatic rings. The van der Waals surface area contributed by atoms with Crippen LogP contribution < -0.4 is 22.5 Å². The van der Waals surface area contributed by atoms with E-state index >= 15 is 0 Å². The van der Waals surface area contributed by atoms with E-state index in [0.29, 0.717) is 15.2 Å². The van der Waals surface area contributed by atoms with Crippen molar-refractivity contribution in [1.82, 2.24) is 0 Å². The summed E-state index contributed by atoms with van der Waals surface area (Å²) in [7, 11) is 0. The van der Waals surface area contributed by atoms with Gasteiger partial charge in [0.25, 0.3) is 0 Å². The molecular weight excluding hydrogens is 344 g/mol. The number of rotatable bonds is 0. The van der Waals surface area contributed by atoms with Gasteiger partial charge >= 0.3 is 22.5 Å². The molecular formula is C14H3BrO6. The van der Waals surface area contributed by atoms with Gasteiger partial charge in [-0.15, -0.1) is 0 Å². The van der Waals surface area contributed by atoms with Crippen LogP contribution in [0, 0.1) is 0 Å². The molecule has 0 aliphatic rings. The molecule has 21 heavy (non-hydrogen) atoms. The number of furan rings is 2. The molecule has 102 valence electrons. The SMILES string of the molecule is O=c1oc(=O)c2cc3c(Br)c4c(=O)oc(=O)c4cc3cc12. The van der Waals surface area contributed by atoms with Crippen LogP contribution >= 0.6 is 15.9 Å². The van der Waals surface area contributed by atoms with Crippen LogP contribution in [0.2, 0.25) is 0 Å². The van der Waals surface area contributed by atoms with Gasteiger partial charge in [0.05, 0.1) is 21.5 Å². The third-order valence-corrected chi connectivity index (χ3v) is 4.27. The second-order valence-corrected chi connectivity index (χ2v) is 5.38. The number of hydrogen-bond acceptors (Lipinski definition) is 6. The minimum absolute atomic E-state index is 0.116. The average molecular weight is 347 g/mol. The zero-order valence-electron chi connectivity index (χ0n) is 10.1. The maximum Gasteiger partial charge on any atom is 0.348 e. The predicted octanol–water partition coefficient (Wildman–Crippen LogP) is 1.41. The van der Waals surface area contributed by atoms with Gasteiger partial charge in [0.15, 0.2) is 0 Å². The van der Waals surface area contributed by atoms with Crippen LogP contribution in [0.5, 0.6) is 0 Å². The predicted molar refractivity (Wildman–Crippen MR) is 78.6 cm³/mol. The lowest BCUT2D eigenvalue weighted by Gasteiger charge is -2.01. The van der Waals surface area contributed by atoms with Gasteiger partial charge in [-0.2, -0.15) is 0 Å². The Bertz CT molecular complexity index is 1260. The largest absolute Gasteiger partial charge is 0.386 e. The lowest BCUT2D eigenvalue weighted by molar-refractivity contribution is 0.499. The fourth-order valence-corrected chi connectivity index (χ4v) is 3.21. The molecule has 0 fully saturated rings. The van der Waals surface area contributed by atoms with Crippen LogP contribution in [0.25, 0.3) is 32.3 Å². The molecule has 0 saturated heterocycles. The molecule has 0 spiro atoms. The Hall–Kier alpha value is -2.54. The second kappa shape index (κ2) is 3.76. The standard InChI is InChI=1S/C14H3BrO6/c15-10-5-3-7-6(11(16)20-12(7)17)1-4(5)2-8-9(10)14(19)21-13(8)18/h1-3H. The van der Waals surface area contributed by atoms with Crippen LogP contribution in [0.3, 0.4) is 0 Å². The fraction of sp³-hybridized carbons (Fsp3) is 0. The molecule has 0 radical (unpaired) electrons. The highest BCUT2D eigenvalue weighted by atomic mass is 79.9. The third kappa shape index (κ3) is 1.46. The van der Waals surface area contributed by atoms with Crippen molar-refractivity contribution in [2.45, 2.75) is 0 Å². The van der Waals surface area contributed by atoms with Gasteiger partial charge in [-0.3, -0.25) is 0 Å². The van der Waals surface area contributed by atoms with Crippen LogP contribution in [-0.2, 0) is 0 Å². The second-order valence-electron chi connectivity index (χ2n) is 4.59. The molecule has 0 aliphatic carbocycles. The van der Waals surface area contributed by atoms with Gasteiger partial charge in [0.1, 0.15) is 0 Å². The van der Waals surface area contributed by atoms with Gasteiger partial charge in [-0.05, 0) is 44.9 Å². The Morgan fingerprint density at radius 1 is 0.667 bits per heavy atom. The van der Waals surface area contributed by atoms with Crippen molar-refractivity contribution < 1.29 is 8.83 Å². The van der Waals surface area contributed by atoms with Crippen molar-refractivity contribution in [3.05, 3.63) is 64.4 Å². The molecule has 0 unspecified atom stereocenters. The summed E-state index contributed by atoms with van der Waals surface area (Å²) in [6.45, 7) is 0. The molecule has 6 nitrogen and oxygen atoms in total. The van der Waals surface area contributed by atoms with E-state index in [0.717, 1.165) is 0 Å². The fourth-order valence-electron chi connectivity index (χ4n) is 2.49.